The average Bonchev–Trinajstić information content (AvgIpc) is 2.70. The molecular formula is C22H27FN2O3. The predicted octanol–water partition coefficient (Wildman–Crippen LogP) is 3.46. The van der Waals surface area contributed by atoms with Gasteiger partial charge in [-0.05, 0) is 55.7 Å². The zero-order chi connectivity index (χ0) is 20.5. The maximum Gasteiger partial charge on any atom is 0.261 e. The van der Waals surface area contributed by atoms with Gasteiger partial charge < -0.3 is 15.0 Å². The third-order valence-electron chi connectivity index (χ3n) is 4.49. The monoisotopic (exact) mass is 386 g/mol. The zero-order valence-electron chi connectivity index (χ0n) is 16.6. The first-order chi connectivity index (χ1) is 13.4. The quantitative estimate of drug-likeness (QED) is 0.718. The summed E-state index contributed by atoms with van der Waals surface area (Å²) in [5, 5.41) is 2.83. The van der Waals surface area contributed by atoms with Gasteiger partial charge in [0.15, 0.2) is 6.61 Å². The number of amides is 2. The van der Waals surface area contributed by atoms with Crippen molar-refractivity contribution in [3.8, 4) is 5.75 Å². The third-order valence-corrected chi connectivity index (χ3v) is 4.49. The first-order valence-electron chi connectivity index (χ1n) is 9.42. The summed E-state index contributed by atoms with van der Waals surface area (Å²) in [5.41, 5.74) is 2.01. The first kappa shape index (κ1) is 21.4. The lowest BCUT2D eigenvalue weighted by Crippen LogP contribution is -2.49. The summed E-state index contributed by atoms with van der Waals surface area (Å²) in [6, 6.07) is 12.6. The van der Waals surface area contributed by atoms with Crippen molar-refractivity contribution in [3.63, 3.8) is 0 Å². The second kappa shape index (κ2) is 10.4. The molecule has 0 aliphatic heterocycles. The van der Waals surface area contributed by atoms with Gasteiger partial charge in [0.1, 0.15) is 17.6 Å². The Morgan fingerprint density at radius 2 is 1.82 bits per heavy atom. The van der Waals surface area contributed by atoms with Crippen LogP contribution in [-0.4, -0.2) is 35.9 Å². The number of rotatable bonds is 9. The second-order valence-corrected chi connectivity index (χ2v) is 6.66. The van der Waals surface area contributed by atoms with Gasteiger partial charge in [0.05, 0.1) is 0 Å². The van der Waals surface area contributed by atoms with Crippen LogP contribution in [-0.2, 0) is 16.1 Å². The number of aryl methyl sites for hydroxylation is 1. The molecule has 0 heterocycles. The van der Waals surface area contributed by atoms with Crippen molar-refractivity contribution in [2.24, 2.45) is 0 Å². The second-order valence-electron chi connectivity index (χ2n) is 6.66. The van der Waals surface area contributed by atoms with E-state index in [1.807, 2.05) is 38.1 Å². The van der Waals surface area contributed by atoms with E-state index >= 15 is 0 Å². The van der Waals surface area contributed by atoms with Gasteiger partial charge in [0, 0.05) is 13.1 Å². The van der Waals surface area contributed by atoms with E-state index in [2.05, 4.69) is 5.32 Å². The summed E-state index contributed by atoms with van der Waals surface area (Å²) in [6.07, 6.45) is 0.817. The van der Waals surface area contributed by atoms with Gasteiger partial charge in [-0.15, -0.1) is 0 Å². The molecule has 1 atom stereocenters. The molecule has 1 N–H and O–H groups in total. The summed E-state index contributed by atoms with van der Waals surface area (Å²) in [7, 11) is 0. The van der Waals surface area contributed by atoms with Crippen LogP contribution >= 0.6 is 0 Å². The fourth-order valence-electron chi connectivity index (χ4n) is 2.71. The van der Waals surface area contributed by atoms with Gasteiger partial charge in [0.2, 0.25) is 5.91 Å². The molecule has 150 valence electrons. The van der Waals surface area contributed by atoms with E-state index in [1.54, 1.807) is 6.92 Å². The molecule has 2 aromatic carbocycles. The highest BCUT2D eigenvalue weighted by molar-refractivity contribution is 5.87. The number of ether oxygens (including phenoxy) is 1. The molecule has 2 amide bonds. The Morgan fingerprint density at radius 3 is 2.46 bits per heavy atom. The average molecular weight is 386 g/mol. The number of hydrogen-bond acceptors (Lipinski definition) is 3. The molecule has 2 rings (SSSR count). The Balaban J connectivity index is 2.13. The number of benzene rings is 2. The van der Waals surface area contributed by atoms with Crippen LogP contribution < -0.4 is 10.1 Å². The molecular weight excluding hydrogens is 359 g/mol. The van der Waals surface area contributed by atoms with E-state index in [-0.39, 0.29) is 24.2 Å². The van der Waals surface area contributed by atoms with E-state index in [4.69, 9.17) is 4.74 Å². The van der Waals surface area contributed by atoms with Crippen molar-refractivity contribution in [2.75, 3.05) is 13.2 Å². The number of halogens is 1. The number of nitrogens with zero attached hydrogens (tertiary/aromatic N) is 1. The number of nitrogens with one attached hydrogen (secondary N) is 1. The Bertz CT molecular complexity index is 793. The van der Waals surface area contributed by atoms with Crippen LogP contribution in [0.25, 0.3) is 0 Å². The van der Waals surface area contributed by atoms with Crippen LogP contribution in [0, 0.1) is 12.7 Å². The van der Waals surface area contributed by atoms with Gasteiger partial charge in [-0.2, -0.15) is 0 Å². The van der Waals surface area contributed by atoms with Gasteiger partial charge >= 0.3 is 0 Å². The Morgan fingerprint density at radius 1 is 1.14 bits per heavy atom. The number of hydrogen-bond donors (Lipinski definition) is 1. The molecule has 5 nitrogen and oxygen atoms in total. The third kappa shape index (κ3) is 6.08. The van der Waals surface area contributed by atoms with Gasteiger partial charge in [-0.1, -0.05) is 31.2 Å². The molecule has 0 saturated carbocycles. The molecule has 28 heavy (non-hydrogen) atoms. The Hall–Kier alpha value is -2.89. The molecule has 0 aromatic heterocycles. The highest BCUT2D eigenvalue weighted by Gasteiger charge is 2.26. The molecule has 0 aliphatic carbocycles. The van der Waals surface area contributed by atoms with Crippen molar-refractivity contribution in [1.82, 2.24) is 10.2 Å². The molecule has 0 aliphatic rings. The van der Waals surface area contributed by atoms with Gasteiger partial charge in [-0.25, -0.2) is 4.39 Å². The zero-order valence-corrected chi connectivity index (χ0v) is 16.6. The molecule has 2 aromatic rings. The molecule has 0 spiro atoms. The lowest BCUT2D eigenvalue weighted by Gasteiger charge is -2.29. The predicted molar refractivity (Wildman–Crippen MR) is 106 cm³/mol. The van der Waals surface area contributed by atoms with Crippen LogP contribution in [0.4, 0.5) is 4.39 Å². The summed E-state index contributed by atoms with van der Waals surface area (Å²) >= 11 is 0. The fourth-order valence-corrected chi connectivity index (χ4v) is 2.71. The SMILES string of the molecule is CCCNC(=O)[C@@H](C)N(Cc1ccccc1C)C(=O)COc1ccc(F)cc1. The molecule has 0 radical (unpaired) electrons. The highest BCUT2D eigenvalue weighted by atomic mass is 19.1. The van der Waals surface area contributed by atoms with Crippen LogP contribution in [0.1, 0.15) is 31.4 Å². The van der Waals surface area contributed by atoms with E-state index in [0.29, 0.717) is 18.8 Å². The minimum Gasteiger partial charge on any atom is -0.484 e. The summed E-state index contributed by atoms with van der Waals surface area (Å²) < 4.78 is 18.5. The number of carbonyl (C=O) groups is 2. The maximum atomic E-state index is 13.0. The first-order valence-corrected chi connectivity index (χ1v) is 9.42. The fraction of sp³-hybridized carbons (Fsp3) is 0.364. The van der Waals surface area contributed by atoms with E-state index in [1.165, 1.54) is 29.2 Å². The normalized spacial score (nSPS) is 11.6. The van der Waals surface area contributed by atoms with Gasteiger partial charge in [-0.3, -0.25) is 9.59 Å². The lowest BCUT2D eigenvalue weighted by molar-refractivity contribution is -0.142. The van der Waals surface area contributed by atoms with E-state index < -0.39 is 6.04 Å². The lowest BCUT2D eigenvalue weighted by atomic mass is 10.1. The topological polar surface area (TPSA) is 58.6 Å². The van der Waals surface area contributed by atoms with Crippen LogP contribution in [0.2, 0.25) is 0 Å². The van der Waals surface area contributed by atoms with E-state index in [0.717, 1.165) is 17.5 Å². The Labute approximate surface area is 165 Å². The minimum atomic E-state index is -0.643. The summed E-state index contributed by atoms with van der Waals surface area (Å²) in [6.45, 7) is 6.27. The van der Waals surface area contributed by atoms with Crippen molar-refractivity contribution >= 4 is 11.8 Å². The molecule has 6 heteroatoms. The number of carbonyl (C=O) groups excluding carboxylic acids is 2. The van der Waals surface area contributed by atoms with E-state index in [9.17, 15) is 14.0 Å². The van der Waals surface area contributed by atoms with Gasteiger partial charge in [0.25, 0.3) is 5.91 Å². The van der Waals surface area contributed by atoms with Crippen LogP contribution in [0.15, 0.2) is 48.5 Å². The smallest absolute Gasteiger partial charge is 0.261 e. The summed E-state index contributed by atoms with van der Waals surface area (Å²) in [4.78, 5) is 26.8. The van der Waals surface area contributed by atoms with Crippen molar-refractivity contribution in [1.29, 1.82) is 0 Å². The minimum absolute atomic E-state index is 0.203. The molecule has 0 bridgehead atoms. The summed E-state index contributed by atoms with van der Waals surface area (Å²) in [5.74, 6) is -0.493. The standard InChI is InChI=1S/C22H27FN2O3/c1-4-13-24-22(27)17(3)25(14-18-8-6-5-7-16(18)2)21(26)15-28-20-11-9-19(23)10-12-20/h5-12,17H,4,13-15H2,1-3H3,(H,24,27)/t17-/m1/s1. The van der Waals surface area contributed by atoms with Crippen LogP contribution in [0.3, 0.4) is 0 Å². The highest BCUT2D eigenvalue weighted by Crippen LogP contribution is 2.15. The van der Waals surface area contributed by atoms with Crippen molar-refractivity contribution in [2.45, 2.75) is 39.8 Å². The maximum absolute atomic E-state index is 13.0. The Kier molecular flexibility index (Phi) is 7.99. The van der Waals surface area contributed by atoms with Crippen molar-refractivity contribution in [3.05, 3.63) is 65.5 Å². The molecule has 0 unspecified atom stereocenters. The van der Waals surface area contributed by atoms with Crippen molar-refractivity contribution < 1.29 is 18.7 Å². The largest absolute Gasteiger partial charge is 0.484 e. The van der Waals surface area contributed by atoms with Crippen LogP contribution in [0.5, 0.6) is 5.75 Å². The molecule has 0 saturated heterocycles. The molecule has 0 fully saturated rings.